The van der Waals surface area contributed by atoms with Crippen LogP contribution in [0.1, 0.15) is 24.9 Å². The molecule has 0 saturated heterocycles. The van der Waals surface area contributed by atoms with Crippen molar-refractivity contribution in [3.63, 3.8) is 0 Å². The first-order valence-electron chi connectivity index (χ1n) is 5.09. The van der Waals surface area contributed by atoms with Crippen LogP contribution in [-0.4, -0.2) is 19.6 Å². The maximum atomic E-state index is 10.9. The summed E-state index contributed by atoms with van der Waals surface area (Å²) in [5, 5.41) is 3.26. The van der Waals surface area contributed by atoms with E-state index in [1.165, 1.54) is 12.7 Å². The molecule has 90 valence electrons. The van der Waals surface area contributed by atoms with E-state index in [4.69, 9.17) is 0 Å². The van der Waals surface area contributed by atoms with E-state index in [0.29, 0.717) is 13.0 Å². The molecule has 0 aliphatic heterocycles. The lowest BCUT2D eigenvalue weighted by Crippen LogP contribution is -2.22. The molecule has 1 aromatic carbocycles. The van der Waals surface area contributed by atoms with Crippen molar-refractivity contribution in [2.75, 3.05) is 13.7 Å². The van der Waals surface area contributed by atoms with Gasteiger partial charge in [0.15, 0.2) is 0 Å². The molecule has 1 unspecified atom stereocenters. The van der Waals surface area contributed by atoms with Gasteiger partial charge in [-0.3, -0.25) is 4.79 Å². The van der Waals surface area contributed by atoms with Crippen LogP contribution < -0.4 is 5.32 Å². The largest absolute Gasteiger partial charge is 0.469 e. The van der Waals surface area contributed by atoms with E-state index >= 15 is 0 Å². The number of carbonyl (C=O) groups is 1. The summed E-state index contributed by atoms with van der Waals surface area (Å²) in [7, 11) is 1.41. The number of esters is 1. The van der Waals surface area contributed by atoms with Gasteiger partial charge in [-0.2, -0.15) is 0 Å². The van der Waals surface area contributed by atoms with Gasteiger partial charge in [-0.05, 0) is 12.5 Å². The lowest BCUT2D eigenvalue weighted by atomic mass is 10.1. The minimum atomic E-state index is -0.178. The molecule has 1 aromatic rings. The van der Waals surface area contributed by atoms with E-state index in [9.17, 15) is 4.79 Å². The molecule has 0 spiro atoms. The zero-order valence-corrected chi connectivity index (χ0v) is 10.4. The Morgan fingerprint density at radius 3 is 2.56 bits per heavy atom. The lowest BCUT2D eigenvalue weighted by molar-refractivity contribution is -0.140. The zero-order chi connectivity index (χ0) is 11.1. The molecule has 4 heteroatoms. The second kappa shape index (κ2) is 8.13. The molecule has 1 rings (SSSR count). The zero-order valence-electron chi connectivity index (χ0n) is 9.60. The van der Waals surface area contributed by atoms with Gasteiger partial charge in [0.25, 0.3) is 0 Å². The van der Waals surface area contributed by atoms with Crippen LogP contribution in [0.5, 0.6) is 0 Å². The number of rotatable bonds is 5. The van der Waals surface area contributed by atoms with Crippen LogP contribution in [0, 0.1) is 0 Å². The van der Waals surface area contributed by atoms with E-state index in [-0.39, 0.29) is 24.4 Å². The summed E-state index contributed by atoms with van der Waals surface area (Å²) in [6.07, 6.45) is 0.410. The van der Waals surface area contributed by atoms with Gasteiger partial charge >= 0.3 is 5.97 Å². The van der Waals surface area contributed by atoms with Crippen molar-refractivity contribution >= 4 is 18.4 Å². The fourth-order valence-corrected chi connectivity index (χ4v) is 1.35. The second-order valence-corrected chi connectivity index (χ2v) is 3.41. The predicted octanol–water partition coefficient (Wildman–Crippen LogP) is 2.32. The van der Waals surface area contributed by atoms with Crippen LogP contribution in [0.4, 0.5) is 0 Å². The summed E-state index contributed by atoms with van der Waals surface area (Å²) in [4.78, 5) is 10.9. The number of nitrogens with one attached hydrogen (secondary N) is 1. The summed E-state index contributed by atoms with van der Waals surface area (Å²) in [6.45, 7) is 2.72. The van der Waals surface area contributed by atoms with Crippen molar-refractivity contribution < 1.29 is 9.53 Å². The Bertz CT molecular complexity index is 303. The van der Waals surface area contributed by atoms with Crippen LogP contribution in [0.2, 0.25) is 0 Å². The van der Waals surface area contributed by atoms with E-state index in [2.05, 4.69) is 29.1 Å². The first kappa shape index (κ1) is 14.9. The number of methoxy groups -OCH3 is 1. The van der Waals surface area contributed by atoms with Crippen LogP contribution in [-0.2, 0) is 9.53 Å². The lowest BCUT2D eigenvalue weighted by Gasteiger charge is -2.13. The summed E-state index contributed by atoms with van der Waals surface area (Å²) >= 11 is 0. The number of ether oxygens (including phenoxy) is 1. The average Bonchev–Trinajstić information content (AvgIpc) is 2.29. The van der Waals surface area contributed by atoms with Gasteiger partial charge in [0.1, 0.15) is 0 Å². The summed E-state index contributed by atoms with van der Waals surface area (Å²) in [5.74, 6) is -0.178. The molecule has 16 heavy (non-hydrogen) atoms. The van der Waals surface area contributed by atoms with E-state index in [1.54, 1.807) is 0 Å². The molecular formula is C12H18ClNO2. The van der Waals surface area contributed by atoms with Crippen molar-refractivity contribution in [2.45, 2.75) is 19.4 Å². The third-order valence-corrected chi connectivity index (χ3v) is 2.31. The summed E-state index contributed by atoms with van der Waals surface area (Å²) in [5.41, 5.74) is 1.22. The molecule has 0 amide bonds. The highest BCUT2D eigenvalue weighted by molar-refractivity contribution is 5.85. The van der Waals surface area contributed by atoms with Gasteiger partial charge in [0.05, 0.1) is 13.5 Å². The van der Waals surface area contributed by atoms with Crippen molar-refractivity contribution in [3.05, 3.63) is 35.9 Å². The molecule has 0 radical (unpaired) electrons. The molecule has 3 nitrogen and oxygen atoms in total. The Kier molecular flexibility index (Phi) is 7.60. The molecule has 0 aliphatic rings. The fraction of sp³-hybridized carbons (Fsp3) is 0.417. The number of carbonyl (C=O) groups excluding carboxylic acids is 1. The minimum Gasteiger partial charge on any atom is -0.469 e. The Morgan fingerprint density at radius 1 is 1.38 bits per heavy atom. The maximum absolute atomic E-state index is 10.9. The molecule has 1 atom stereocenters. The summed E-state index contributed by atoms with van der Waals surface area (Å²) < 4.78 is 4.56. The standard InChI is InChI=1S/C12H17NO2.ClH/c1-10(11-6-4-3-5-7-11)13-9-8-12(14)15-2;/h3-7,10,13H,8-9H2,1-2H3;1H. The molecule has 0 fully saturated rings. The highest BCUT2D eigenvalue weighted by atomic mass is 35.5. The third kappa shape index (κ3) is 5.14. The third-order valence-electron chi connectivity index (χ3n) is 2.31. The molecule has 0 aliphatic carbocycles. The van der Waals surface area contributed by atoms with Gasteiger partial charge in [0.2, 0.25) is 0 Å². The quantitative estimate of drug-likeness (QED) is 0.807. The number of benzene rings is 1. The Balaban J connectivity index is 0.00000225. The highest BCUT2D eigenvalue weighted by Gasteiger charge is 2.05. The van der Waals surface area contributed by atoms with E-state index < -0.39 is 0 Å². The summed E-state index contributed by atoms with van der Waals surface area (Å²) in [6, 6.07) is 10.4. The fourth-order valence-electron chi connectivity index (χ4n) is 1.35. The van der Waals surface area contributed by atoms with Crippen LogP contribution in [0.3, 0.4) is 0 Å². The Labute approximate surface area is 103 Å². The molecule has 0 bridgehead atoms. The first-order valence-corrected chi connectivity index (χ1v) is 5.09. The molecule has 0 heterocycles. The van der Waals surface area contributed by atoms with Gasteiger partial charge in [-0.15, -0.1) is 12.4 Å². The van der Waals surface area contributed by atoms with Crippen LogP contribution in [0.25, 0.3) is 0 Å². The number of halogens is 1. The van der Waals surface area contributed by atoms with Crippen molar-refractivity contribution in [2.24, 2.45) is 0 Å². The van der Waals surface area contributed by atoms with Crippen molar-refractivity contribution in [1.29, 1.82) is 0 Å². The predicted molar refractivity (Wildman–Crippen MR) is 66.7 cm³/mol. The Hall–Kier alpha value is -1.06. The SMILES string of the molecule is COC(=O)CCNC(C)c1ccccc1.Cl. The maximum Gasteiger partial charge on any atom is 0.306 e. The van der Waals surface area contributed by atoms with Crippen molar-refractivity contribution in [1.82, 2.24) is 5.32 Å². The Morgan fingerprint density at radius 2 is 2.00 bits per heavy atom. The number of hydrogen-bond acceptors (Lipinski definition) is 3. The molecule has 0 saturated carbocycles. The van der Waals surface area contributed by atoms with Gasteiger partial charge in [-0.25, -0.2) is 0 Å². The van der Waals surface area contributed by atoms with E-state index in [0.717, 1.165) is 0 Å². The monoisotopic (exact) mass is 243 g/mol. The van der Waals surface area contributed by atoms with Gasteiger partial charge in [0, 0.05) is 12.6 Å². The van der Waals surface area contributed by atoms with Crippen LogP contribution >= 0.6 is 12.4 Å². The van der Waals surface area contributed by atoms with Gasteiger partial charge < -0.3 is 10.1 Å². The molecule has 1 N–H and O–H groups in total. The number of hydrogen-bond donors (Lipinski definition) is 1. The topological polar surface area (TPSA) is 38.3 Å². The second-order valence-electron chi connectivity index (χ2n) is 3.41. The first-order chi connectivity index (χ1) is 7.24. The van der Waals surface area contributed by atoms with Gasteiger partial charge in [-0.1, -0.05) is 30.3 Å². The average molecular weight is 244 g/mol. The molecule has 0 aromatic heterocycles. The molecular weight excluding hydrogens is 226 g/mol. The van der Waals surface area contributed by atoms with Crippen molar-refractivity contribution in [3.8, 4) is 0 Å². The van der Waals surface area contributed by atoms with Crippen LogP contribution in [0.15, 0.2) is 30.3 Å². The van der Waals surface area contributed by atoms with E-state index in [1.807, 2.05) is 18.2 Å². The highest BCUT2D eigenvalue weighted by Crippen LogP contribution is 2.10. The minimum absolute atomic E-state index is 0. The smallest absolute Gasteiger partial charge is 0.306 e. The normalized spacial score (nSPS) is 11.4.